The van der Waals surface area contributed by atoms with Crippen LogP contribution in [-0.2, 0) is 19.3 Å². The zero-order valence-electron chi connectivity index (χ0n) is 24.4. The molecular formula is C30H43N3O6. The Labute approximate surface area is 231 Å². The van der Waals surface area contributed by atoms with Gasteiger partial charge in [0.05, 0.1) is 32.4 Å². The van der Waals surface area contributed by atoms with Crippen molar-refractivity contribution in [1.82, 2.24) is 9.80 Å². The second-order valence-corrected chi connectivity index (χ2v) is 12.0. The van der Waals surface area contributed by atoms with E-state index in [-0.39, 0.29) is 35.7 Å². The molecule has 3 atom stereocenters. The van der Waals surface area contributed by atoms with Gasteiger partial charge < -0.3 is 39.8 Å². The summed E-state index contributed by atoms with van der Waals surface area (Å²) >= 11 is 0. The molecule has 3 aliphatic rings. The summed E-state index contributed by atoms with van der Waals surface area (Å²) < 4.78 is 24.1. The first-order valence-corrected chi connectivity index (χ1v) is 13.8. The van der Waals surface area contributed by atoms with E-state index >= 15 is 0 Å². The molecule has 9 heteroatoms. The van der Waals surface area contributed by atoms with Crippen LogP contribution in [0.3, 0.4) is 0 Å². The third kappa shape index (κ3) is 4.35. The summed E-state index contributed by atoms with van der Waals surface area (Å²) in [5, 5.41) is 23.3. The third-order valence-electron chi connectivity index (χ3n) is 8.39. The zero-order chi connectivity index (χ0) is 28.4. The first-order chi connectivity index (χ1) is 18.4. The van der Waals surface area contributed by atoms with E-state index in [4.69, 9.17) is 24.7 Å². The van der Waals surface area contributed by atoms with Gasteiger partial charge in [-0.05, 0) is 54.6 Å². The number of nitrogens with two attached hydrogens (primary N) is 1. The quantitative estimate of drug-likeness (QED) is 0.504. The summed E-state index contributed by atoms with van der Waals surface area (Å²) in [5.41, 5.74) is 10.5. The van der Waals surface area contributed by atoms with Gasteiger partial charge in [-0.2, -0.15) is 0 Å². The van der Waals surface area contributed by atoms with Crippen molar-refractivity contribution in [2.24, 2.45) is 5.73 Å². The molecule has 0 aliphatic carbocycles. The lowest BCUT2D eigenvalue weighted by Gasteiger charge is -2.47. The van der Waals surface area contributed by atoms with Gasteiger partial charge in [-0.15, -0.1) is 0 Å². The minimum atomic E-state index is -0.444. The van der Waals surface area contributed by atoms with Gasteiger partial charge in [-0.3, -0.25) is 4.90 Å². The van der Waals surface area contributed by atoms with Crippen molar-refractivity contribution in [3.63, 3.8) is 0 Å². The van der Waals surface area contributed by atoms with Crippen LogP contribution in [0.2, 0.25) is 0 Å². The molecule has 0 bridgehead atoms. The highest BCUT2D eigenvalue weighted by Crippen LogP contribution is 2.57. The molecule has 214 valence electrons. The Hall–Kier alpha value is -2.88. The van der Waals surface area contributed by atoms with Crippen molar-refractivity contribution in [1.29, 1.82) is 0 Å². The van der Waals surface area contributed by atoms with Crippen molar-refractivity contribution in [2.75, 3.05) is 41.4 Å². The lowest BCUT2D eigenvalue weighted by Crippen LogP contribution is -2.51. The van der Waals surface area contributed by atoms with Crippen LogP contribution in [0.15, 0.2) is 6.07 Å². The third-order valence-corrected chi connectivity index (χ3v) is 8.39. The molecule has 2 aromatic carbocycles. The number of benzene rings is 2. The van der Waals surface area contributed by atoms with Gasteiger partial charge in [-0.25, -0.2) is 0 Å². The van der Waals surface area contributed by atoms with Crippen LogP contribution in [0.4, 0.5) is 0 Å². The van der Waals surface area contributed by atoms with Crippen LogP contribution in [0.1, 0.15) is 67.6 Å². The Morgan fingerprint density at radius 2 is 1.79 bits per heavy atom. The fourth-order valence-electron chi connectivity index (χ4n) is 7.04. The first kappa shape index (κ1) is 27.7. The van der Waals surface area contributed by atoms with E-state index < -0.39 is 5.60 Å². The van der Waals surface area contributed by atoms with Crippen LogP contribution in [0, 0.1) is 0 Å². The average molecular weight is 542 g/mol. The molecule has 4 N–H and O–H groups in total. The normalized spacial score (nSPS) is 23.4. The highest BCUT2D eigenvalue weighted by Gasteiger charge is 2.48. The molecule has 0 spiro atoms. The number of methoxy groups -OCH3 is 2. The second-order valence-electron chi connectivity index (χ2n) is 12.0. The molecule has 3 heterocycles. The number of phenols is 2. The summed E-state index contributed by atoms with van der Waals surface area (Å²) in [7, 11) is 7.39. The van der Waals surface area contributed by atoms with Crippen molar-refractivity contribution in [3.05, 3.63) is 33.9 Å². The van der Waals surface area contributed by atoms with Crippen LogP contribution < -0.4 is 24.7 Å². The van der Waals surface area contributed by atoms with E-state index in [1.54, 1.807) is 20.3 Å². The van der Waals surface area contributed by atoms with E-state index in [1.165, 1.54) is 0 Å². The summed E-state index contributed by atoms with van der Waals surface area (Å²) in [4.78, 5) is 4.52. The highest BCUT2D eigenvalue weighted by molar-refractivity contribution is 5.67. The topological polar surface area (TPSA) is 110 Å². The lowest BCUT2D eigenvalue weighted by molar-refractivity contribution is 0.0619. The first-order valence-electron chi connectivity index (χ1n) is 13.8. The summed E-state index contributed by atoms with van der Waals surface area (Å²) in [6, 6.07) is 1.26. The molecule has 0 saturated heterocycles. The molecule has 0 radical (unpaired) electrons. The molecule has 0 fully saturated rings. The van der Waals surface area contributed by atoms with Gasteiger partial charge in [-0.1, -0.05) is 0 Å². The minimum Gasteiger partial charge on any atom is -0.504 e. The number of hydrogen-bond donors (Lipinski definition) is 3. The monoisotopic (exact) mass is 541 g/mol. The Morgan fingerprint density at radius 3 is 2.38 bits per heavy atom. The molecule has 0 saturated carbocycles. The van der Waals surface area contributed by atoms with Crippen molar-refractivity contribution in [2.45, 2.75) is 76.8 Å². The Balaban J connectivity index is 1.73. The van der Waals surface area contributed by atoms with Crippen molar-refractivity contribution in [3.8, 4) is 34.5 Å². The summed E-state index contributed by atoms with van der Waals surface area (Å²) in [6.07, 6.45) is 1.78. The fraction of sp³-hybridized carbons (Fsp3) is 0.600. The predicted octanol–water partition coefficient (Wildman–Crippen LogP) is 3.70. The van der Waals surface area contributed by atoms with Gasteiger partial charge in [0, 0.05) is 59.4 Å². The van der Waals surface area contributed by atoms with Crippen LogP contribution in [-0.4, -0.2) is 79.2 Å². The van der Waals surface area contributed by atoms with Gasteiger partial charge in [0.25, 0.3) is 0 Å². The maximum absolute atomic E-state index is 11.7. The van der Waals surface area contributed by atoms with Crippen LogP contribution >= 0.6 is 0 Å². The Morgan fingerprint density at radius 1 is 1.08 bits per heavy atom. The Bertz CT molecular complexity index is 1270. The van der Waals surface area contributed by atoms with Crippen molar-refractivity contribution >= 4 is 0 Å². The largest absolute Gasteiger partial charge is 0.504 e. The summed E-state index contributed by atoms with van der Waals surface area (Å²) in [6.45, 7) is 8.90. The number of aromatic hydroxyl groups is 2. The SMILES string of the molecule is COc1cc(OC(C)C)c(O)c2c1CCN1C(CN)c3c(O)c4c(c(OC)c3CC1C2N(C)C)CC(C)(C)O4. The van der Waals surface area contributed by atoms with Crippen molar-refractivity contribution < 1.29 is 29.2 Å². The molecule has 39 heavy (non-hydrogen) atoms. The minimum absolute atomic E-state index is 0.0612. The molecule has 0 aromatic heterocycles. The number of ether oxygens (including phenoxy) is 4. The number of fused-ring (bicyclic) bond motifs is 4. The Kier molecular flexibility index (Phi) is 7.06. The fourth-order valence-corrected chi connectivity index (χ4v) is 7.04. The highest BCUT2D eigenvalue weighted by atomic mass is 16.5. The maximum Gasteiger partial charge on any atom is 0.169 e. The van der Waals surface area contributed by atoms with E-state index in [2.05, 4.69) is 9.80 Å². The van der Waals surface area contributed by atoms with E-state index in [0.717, 1.165) is 33.6 Å². The van der Waals surface area contributed by atoms with Gasteiger partial charge in [0.1, 0.15) is 17.1 Å². The number of hydrogen-bond acceptors (Lipinski definition) is 9. The second kappa shape index (κ2) is 9.94. The molecule has 3 unspecified atom stereocenters. The molecule has 5 rings (SSSR count). The standard InChI is InChI=1S/C30H43N3O6/c1-15(2)38-22-12-21(36-7)16-9-10-33-19(25(32(5)6)24(16)26(22)34)11-17-23(20(33)14-31)27(35)29-18(28(17)37-8)13-30(3,4)39-29/h12,15,19-20,25,34-35H,9-11,13-14,31H2,1-8H3. The van der Waals surface area contributed by atoms with E-state index in [9.17, 15) is 10.2 Å². The molecular weight excluding hydrogens is 498 g/mol. The molecule has 0 amide bonds. The smallest absolute Gasteiger partial charge is 0.169 e. The number of nitrogens with zero attached hydrogens (tertiary/aromatic N) is 2. The number of likely N-dealkylation sites (N-methyl/N-ethyl adjacent to an activating group) is 1. The molecule has 9 nitrogen and oxygen atoms in total. The van der Waals surface area contributed by atoms with Gasteiger partial charge >= 0.3 is 0 Å². The van der Waals surface area contributed by atoms with Crippen LogP contribution in [0.25, 0.3) is 0 Å². The van der Waals surface area contributed by atoms with Gasteiger partial charge in [0.2, 0.25) is 0 Å². The van der Waals surface area contributed by atoms with Gasteiger partial charge in [0.15, 0.2) is 23.0 Å². The zero-order valence-corrected chi connectivity index (χ0v) is 24.4. The molecule has 2 aromatic rings. The number of rotatable bonds is 6. The van der Waals surface area contributed by atoms with E-state index in [1.807, 2.05) is 41.8 Å². The average Bonchev–Trinajstić information content (AvgIpc) is 3.09. The molecule has 3 aliphatic heterocycles. The number of phenolic OH excluding ortho intramolecular Hbond substituents is 2. The maximum atomic E-state index is 11.7. The lowest BCUT2D eigenvalue weighted by atomic mass is 9.80. The van der Waals surface area contributed by atoms with Crippen LogP contribution in [0.5, 0.6) is 34.5 Å². The van der Waals surface area contributed by atoms with E-state index in [0.29, 0.717) is 49.6 Å². The summed E-state index contributed by atoms with van der Waals surface area (Å²) in [5.74, 6) is 2.69. The predicted molar refractivity (Wildman–Crippen MR) is 150 cm³/mol.